The molecule has 106 valence electrons. The second-order valence-corrected chi connectivity index (χ2v) is 4.56. The number of benzene rings is 1. The number of nitrogens with zero attached hydrogens (tertiary/aromatic N) is 2. The van der Waals surface area contributed by atoms with E-state index in [1.54, 1.807) is 18.6 Å². The van der Waals surface area contributed by atoms with Crippen LogP contribution in [-0.2, 0) is 11.3 Å². The zero-order valence-corrected chi connectivity index (χ0v) is 11.6. The Bertz CT molecular complexity index is 518. The second kappa shape index (κ2) is 7.62. The molecule has 0 spiro atoms. The first-order chi connectivity index (χ1) is 9.78. The van der Waals surface area contributed by atoms with Gasteiger partial charge >= 0.3 is 0 Å². The van der Waals surface area contributed by atoms with Gasteiger partial charge in [0, 0.05) is 25.5 Å². The summed E-state index contributed by atoms with van der Waals surface area (Å²) >= 11 is 0. The molecule has 0 saturated heterocycles. The zero-order chi connectivity index (χ0) is 14.2. The van der Waals surface area contributed by atoms with Crippen LogP contribution in [-0.4, -0.2) is 34.0 Å². The van der Waals surface area contributed by atoms with Crippen molar-refractivity contribution in [3.05, 3.63) is 60.2 Å². The Kier molecular flexibility index (Phi) is 5.53. The number of ether oxygens (including phenoxy) is 1. The van der Waals surface area contributed by atoms with Crippen molar-refractivity contribution >= 4 is 6.08 Å². The van der Waals surface area contributed by atoms with Gasteiger partial charge in [-0.3, -0.25) is 0 Å². The molecule has 0 aliphatic heterocycles. The van der Waals surface area contributed by atoms with Crippen molar-refractivity contribution in [2.75, 3.05) is 13.2 Å². The monoisotopic (exact) mass is 272 g/mol. The molecule has 1 aromatic carbocycles. The number of hydrogen-bond donors (Lipinski definition) is 1. The van der Waals surface area contributed by atoms with Crippen molar-refractivity contribution in [2.24, 2.45) is 0 Å². The molecule has 0 amide bonds. The maximum atomic E-state index is 9.65. The normalized spacial score (nSPS) is 12.9. The van der Waals surface area contributed by atoms with Gasteiger partial charge in [0.25, 0.3) is 0 Å². The average Bonchev–Trinajstić information content (AvgIpc) is 2.97. The van der Waals surface area contributed by atoms with Crippen LogP contribution >= 0.6 is 0 Å². The lowest BCUT2D eigenvalue weighted by Crippen LogP contribution is -2.11. The summed E-state index contributed by atoms with van der Waals surface area (Å²) < 4.78 is 7.18. The van der Waals surface area contributed by atoms with Crippen molar-refractivity contribution in [3.63, 3.8) is 0 Å². The number of aromatic nitrogens is 2. The lowest BCUT2D eigenvalue weighted by atomic mass is 10.1. The maximum absolute atomic E-state index is 9.65. The van der Waals surface area contributed by atoms with E-state index in [2.05, 4.69) is 17.1 Å². The van der Waals surface area contributed by atoms with Crippen LogP contribution in [0.15, 0.2) is 49.1 Å². The van der Waals surface area contributed by atoms with E-state index >= 15 is 0 Å². The first kappa shape index (κ1) is 14.5. The summed E-state index contributed by atoms with van der Waals surface area (Å²) in [5.41, 5.74) is 2.28. The van der Waals surface area contributed by atoms with Crippen LogP contribution in [0.2, 0.25) is 0 Å². The van der Waals surface area contributed by atoms with Crippen LogP contribution in [0.5, 0.6) is 0 Å². The third-order valence-corrected chi connectivity index (χ3v) is 2.91. The fourth-order valence-electron chi connectivity index (χ4n) is 1.84. The molecule has 0 aliphatic carbocycles. The minimum Gasteiger partial charge on any atom is -0.387 e. The van der Waals surface area contributed by atoms with Gasteiger partial charge in [0.2, 0.25) is 0 Å². The smallest absolute Gasteiger partial charge is 0.0957 e. The number of aliphatic hydroxyl groups is 1. The molecule has 2 rings (SSSR count). The van der Waals surface area contributed by atoms with Crippen LogP contribution in [0.3, 0.4) is 0 Å². The minimum atomic E-state index is -0.555. The Balaban J connectivity index is 1.89. The van der Waals surface area contributed by atoms with Crippen molar-refractivity contribution < 1.29 is 9.84 Å². The molecule has 0 bridgehead atoms. The van der Waals surface area contributed by atoms with Gasteiger partial charge in [-0.2, -0.15) is 0 Å². The van der Waals surface area contributed by atoms with Crippen LogP contribution in [0.25, 0.3) is 6.08 Å². The number of imidazole rings is 1. The quantitative estimate of drug-likeness (QED) is 0.841. The van der Waals surface area contributed by atoms with E-state index in [1.165, 1.54) is 5.56 Å². The molecular formula is C16H20N2O2. The summed E-state index contributed by atoms with van der Waals surface area (Å²) in [6.07, 6.45) is 8.62. The molecule has 1 aromatic heterocycles. The molecule has 0 aliphatic rings. The summed E-state index contributed by atoms with van der Waals surface area (Å²) in [5.74, 6) is 0. The fraction of sp³-hybridized carbons (Fsp3) is 0.312. The van der Waals surface area contributed by atoms with Crippen molar-refractivity contribution in [1.82, 2.24) is 9.55 Å². The molecule has 1 N–H and O–H groups in total. The molecule has 4 nitrogen and oxygen atoms in total. The highest BCUT2D eigenvalue weighted by Gasteiger charge is 1.98. The van der Waals surface area contributed by atoms with Gasteiger partial charge in [-0.1, -0.05) is 36.4 Å². The minimum absolute atomic E-state index is 0.339. The third-order valence-electron chi connectivity index (χ3n) is 2.91. The Hall–Kier alpha value is -1.91. The van der Waals surface area contributed by atoms with Crippen LogP contribution in [0.4, 0.5) is 0 Å². The van der Waals surface area contributed by atoms with Crippen molar-refractivity contribution in [1.29, 1.82) is 0 Å². The van der Waals surface area contributed by atoms with Gasteiger partial charge in [0.1, 0.15) is 0 Å². The van der Waals surface area contributed by atoms with E-state index < -0.39 is 6.10 Å². The van der Waals surface area contributed by atoms with E-state index in [0.717, 1.165) is 12.1 Å². The Labute approximate surface area is 119 Å². The average molecular weight is 272 g/mol. The highest BCUT2D eigenvalue weighted by atomic mass is 16.5. The Morgan fingerprint density at radius 1 is 1.35 bits per heavy atom. The molecular weight excluding hydrogens is 252 g/mol. The Morgan fingerprint density at radius 3 is 2.80 bits per heavy atom. The molecule has 2 aromatic rings. The standard InChI is InChI=1S/C16H20N2O2/c1-2-20-12-16(19)8-7-14-3-5-15(6-4-14)11-18-10-9-17-13-18/h3-10,13,16,19H,2,11-12H2,1H3/b8-7+. The van der Waals surface area contributed by atoms with Gasteiger partial charge in [-0.05, 0) is 18.1 Å². The van der Waals surface area contributed by atoms with Gasteiger partial charge < -0.3 is 14.4 Å². The molecule has 0 radical (unpaired) electrons. The topological polar surface area (TPSA) is 47.3 Å². The fourth-order valence-corrected chi connectivity index (χ4v) is 1.84. The maximum Gasteiger partial charge on any atom is 0.0957 e. The first-order valence-corrected chi connectivity index (χ1v) is 6.76. The van der Waals surface area contributed by atoms with Crippen LogP contribution < -0.4 is 0 Å². The second-order valence-electron chi connectivity index (χ2n) is 4.56. The largest absolute Gasteiger partial charge is 0.387 e. The molecule has 0 saturated carbocycles. The van der Waals surface area contributed by atoms with E-state index in [-0.39, 0.29) is 0 Å². The highest BCUT2D eigenvalue weighted by Crippen LogP contribution is 2.08. The van der Waals surface area contributed by atoms with E-state index in [4.69, 9.17) is 4.74 Å². The molecule has 20 heavy (non-hydrogen) atoms. The first-order valence-electron chi connectivity index (χ1n) is 6.76. The van der Waals surface area contributed by atoms with Crippen LogP contribution in [0.1, 0.15) is 18.1 Å². The molecule has 1 unspecified atom stereocenters. The third kappa shape index (κ3) is 4.64. The number of aliphatic hydroxyl groups excluding tert-OH is 1. The van der Waals surface area contributed by atoms with Gasteiger partial charge in [0.05, 0.1) is 19.0 Å². The summed E-state index contributed by atoms with van der Waals surface area (Å²) in [7, 11) is 0. The predicted molar refractivity (Wildman–Crippen MR) is 79.3 cm³/mol. The van der Waals surface area contributed by atoms with E-state index in [1.807, 2.05) is 35.9 Å². The molecule has 1 heterocycles. The predicted octanol–water partition coefficient (Wildman–Crippen LogP) is 2.34. The molecule has 0 fully saturated rings. The lowest BCUT2D eigenvalue weighted by molar-refractivity contribution is 0.0672. The number of rotatable bonds is 7. The summed E-state index contributed by atoms with van der Waals surface area (Å²) in [5, 5.41) is 9.65. The van der Waals surface area contributed by atoms with E-state index in [9.17, 15) is 5.11 Å². The zero-order valence-electron chi connectivity index (χ0n) is 11.6. The summed E-state index contributed by atoms with van der Waals surface area (Å²) in [6, 6.07) is 8.23. The highest BCUT2D eigenvalue weighted by molar-refractivity contribution is 5.50. The number of hydrogen-bond acceptors (Lipinski definition) is 3. The van der Waals surface area contributed by atoms with Crippen molar-refractivity contribution in [2.45, 2.75) is 19.6 Å². The summed E-state index contributed by atoms with van der Waals surface area (Å²) in [4.78, 5) is 4.02. The molecule has 1 atom stereocenters. The Morgan fingerprint density at radius 2 is 2.15 bits per heavy atom. The van der Waals surface area contributed by atoms with Crippen molar-refractivity contribution in [3.8, 4) is 0 Å². The van der Waals surface area contributed by atoms with E-state index in [0.29, 0.717) is 13.2 Å². The van der Waals surface area contributed by atoms with Gasteiger partial charge in [-0.25, -0.2) is 4.98 Å². The van der Waals surface area contributed by atoms with Gasteiger partial charge in [-0.15, -0.1) is 0 Å². The lowest BCUT2D eigenvalue weighted by Gasteiger charge is -2.05. The van der Waals surface area contributed by atoms with Gasteiger partial charge in [0.15, 0.2) is 0 Å². The summed E-state index contributed by atoms with van der Waals surface area (Å²) in [6.45, 7) is 3.69. The molecule has 4 heteroatoms. The van der Waals surface area contributed by atoms with Crippen LogP contribution in [0, 0.1) is 0 Å². The SMILES string of the molecule is CCOCC(O)/C=C/c1ccc(Cn2ccnc2)cc1.